The minimum absolute atomic E-state index is 0.497. The van der Waals surface area contributed by atoms with Gasteiger partial charge in [0.2, 0.25) is 5.82 Å². The number of benzene rings is 1. The van der Waals surface area contributed by atoms with Gasteiger partial charge in [-0.05, 0) is 26.0 Å². The quantitative estimate of drug-likeness (QED) is 0.700. The molecule has 0 atom stereocenters. The van der Waals surface area contributed by atoms with Gasteiger partial charge in [-0.25, -0.2) is 4.68 Å². The lowest BCUT2D eigenvalue weighted by molar-refractivity contribution is 0.371. The number of nitrogens with one attached hydrogen (secondary N) is 1. The Hall–Kier alpha value is -2.31. The second-order valence-corrected chi connectivity index (χ2v) is 4.28. The molecule has 3 aromatic rings. The molecule has 0 amide bonds. The van der Waals surface area contributed by atoms with Crippen LogP contribution < -0.4 is 0 Å². The van der Waals surface area contributed by atoms with Crippen LogP contribution >= 0.6 is 0 Å². The van der Waals surface area contributed by atoms with Crippen LogP contribution in [-0.4, -0.2) is 35.6 Å². The van der Waals surface area contributed by atoms with E-state index < -0.39 is 5.54 Å². The van der Waals surface area contributed by atoms with Crippen molar-refractivity contribution in [3.05, 3.63) is 30.1 Å². The van der Waals surface area contributed by atoms with E-state index in [1.54, 1.807) is 4.68 Å². The standard InChI is InChI=1S/C10H11N7/c1-10(2,9-12-14-15-13-9)17-8-6-4-3-5-7(8)11-16-17/h3-6H,1-2H3,(H,12,13,14,15). The second-order valence-electron chi connectivity index (χ2n) is 4.28. The lowest BCUT2D eigenvalue weighted by atomic mass is 10.1. The summed E-state index contributed by atoms with van der Waals surface area (Å²) in [5.41, 5.74) is 1.30. The monoisotopic (exact) mass is 229 g/mol. The van der Waals surface area contributed by atoms with Gasteiger partial charge in [0.15, 0.2) is 0 Å². The van der Waals surface area contributed by atoms with Gasteiger partial charge in [-0.1, -0.05) is 22.6 Å². The molecule has 1 aromatic carbocycles. The maximum absolute atomic E-state index is 4.17. The summed E-state index contributed by atoms with van der Waals surface area (Å²) in [6, 6.07) is 7.78. The average molecular weight is 229 g/mol. The van der Waals surface area contributed by atoms with E-state index in [0.717, 1.165) is 11.0 Å². The van der Waals surface area contributed by atoms with Crippen LogP contribution in [0.2, 0.25) is 0 Å². The zero-order valence-electron chi connectivity index (χ0n) is 9.49. The smallest absolute Gasteiger partial charge is 0.201 e. The van der Waals surface area contributed by atoms with Gasteiger partial charge in [-0.3, -0.25) is 0 Å². The van der Waals surface area contributed by atoms with Crippen LogP contribution in [-0.2, 0) is 5.54 Å². The molecule has 0 aliphatic rings. The number of aromatic nitrogens is 7. The van der Waals surface area contributed by atoms with Crippen LogP contribution in [0, 0.1) is 0 Å². The molecule has 0 radical (unpaired) electrons. The van der Waals surface area contributed by atoms with Gasteiger partial charge in [-0.2, -0.15) is 5.21 Å². The summed E-state index contributed by atoms with van der Waals surface area (Å²) in [7, 11) is 0. The molecule has 0 fully saturated rings. The summed E-state index contributed by atoms with van der Waals surface area (Å²) in [6.45, 7) is 3.94. The topological polar surface area (TPSA) is 85.2 Å². The molecule has 0 unspecified atom stereocenters. The van der Waals surface area contributed by atoms with Crippen LogP contribution in [0.25, 0.3) is 11.0 Å². The van der Waals surface area contributed by atoms with E-state index in [1.165, 1.54) is 0 Å². The van der Waals surface area contributed by atoms with E-state index in [2.05, 4.69) is 30.9 Å². The van der Waals surface area contributed by atoms with Gasteiger partial charge in [0, 0.05) is 0 Å². The van der Waals surface area contributed by atoms with E-state index in [9.17, 15) is 0 Å². The first kappa shape index (κ1) is 9.88. The summed E-state index contributed by atoms with van der Waals surface area (Å²) in [5.74, 6) is 0.577. The van der Waals surface area contributed by atoms with E-state index >= 15 is 0 Å². The number of rotatable bonds is 2. The van der Waals surface area contributed by atoms with Crippen LogP contribution in [0.3, 0.4) is 0 Å². The Balaban J connectivity index is 2.22. The summed E-state index contributed by atoms with van der Waals surface area (Å²) in [4.78, 5) is 0. The molecular formula is C10H11N7. The summed E-state index contributed by atoms with van der Waals surface area (Å²) in [5, 5.41) is 22.4. The first-order valence-electron chi connectivity index (χ1n) is 5.24. The molecule has 0 saturated carbocycles. The summed E-state index contributed by atoms with van der Waals surface area (Å²) >= 11 is 0. The molecule has 7 nitrogen and oxygen atoms in total. The number of fused-ring (bicyclic) bond motifs is 1. The van der Waals surface area contributed by atoms with Crippen molar-refractivity contribution in [1.29, 1.82) is 0 Å². The third-order valence-corrected chi connectivity index (χ3v) is 2.77. The highest BCUT2D eigenvalue weighted by molar-refractivity contribution is 5.74. The molecule has 0 aliphatic heterocycles. The second kappa shape index (κ2) is 3.34. The highest BCUT2D eigenvalue weighted by Crippen LogP contribution is 2.24. The minimum atomic E-state index is -0.497. The highest BCUT2D eigenvalue weighted by atomic mass is 15.5. The number of nitrogens with zero attached hydrogens (tertiary/aromatic N) is 6. The Morgan fingerprint density at radius 2 is 2.00 bits per heavy atom. The Morgan fingerprint density at radius 1 is 1.18 bits per heavy atom. The van der Waals surface area contributed by atoms with Gasteiger partial charge in [0.1, 0.15) is 11.1 Å². The maximum Gasteiger partial charge on any atom is 0.201 e. The molecule has 0 bridgehead atoms. The third-order valence-electron chi connectivity index (χ3n) is 2.77. The highest BCUT2D eigenvalue weighted by Gasteiger charge is 2.30. The third kappa shape index (κ3) is 1.39. The van der Waals surface area contributed by atoms with E-state index in [0.29, 0.717) is 5.82 Å². The normalized spacial score (nSPS) is 12.1. The number of tetrazole rings is 1. The van der Waals surface area contributed by atoms with Crippen molar-refractivity contribution in [2.45, 2.75) is 19.4 Å². The Morgan fingerprint density at radius 3 is 2.76 bits per heavy atom. The summed E-state index contributed by atoms with van der Waals surface area (Å²) < 4.78 is 1.80. The lowest BCUT2D eigenvalue weighted by Crippen LogP contribution is -2.30. The van der Waals surface area contributed by atoms with E-state index in [4.69, 9.17) is 0 Å². The molecule has 7 heteroatoms. The van der Waals surface area contributed by atoms with Gasteiger partial charge in [0.05, 0.1) is 5.52 Å². The molecule has 86 valence electrons. The number of aromatic amines is 1. The molecule has 1 N–H and O–H groups in total. The molecule has 0 spiro atoms. The maximum atomic E-state index is 4.17. The molecule has 17 heavy (non-hydrogen) atoms. The first-order valence-corrected chi connectivity index (χ1v) is 5.24. The number of hydrogen-bond donors (Lipinski definition) is 1. The van der Waals surface area contributed by atoms with Crippen LogP contribution in [0.15, 0.2) is 24.3 Å². The van der Waals surface area contributed by atoms with E-state index in [-0.39, 0.29) is 0 Å². The van der Waals surface area contributed by atoms with Crippen LogP contribution in [0.1, 0.15) is 19.7 Å². The van der Waals surface area contributed by atoms with Crippen molar-refractivity contribution in [2.24, 2.45) is 0 Å². The fourth-order valence-electron chi connectivity index (χ4n) is 1.80. The molecular weight excluding hydrogens is 218 g/mol. The fraction of sp³-hybridized carbons (Fsp3) is 0.300. The number of para-hydroxylation sites is 1. The van der Waals surface area contributed by atoms with Crippen molar-refractivity contribution in [3.63, 3.8) is 0 Å². The van der Waals surface area contributed by atoms with Crippen molar-refractivity contribution in [1.82, 2.24) is 35.6 Å². The summed E-state index contributed by atoms with van der Waals surface area (Å²) in [6.07, 6.45) is 0. The van der Waals surface area contributed by atoms with Gasteiger partial charge >= 0.3 is 0 Å². The fourth-order valence-corrected chi connectivity index (χ4v) is 1.80. The molecule has 2 aromatic heterocycles. The Bertz CT molecular complexity index is 638. The number of hydrogen-bond acceptors (Lipinski definition) is 5. The van der Waals surface area contributed by atoms with Gasteiger partial charge in [0.25, 0.3) is 0 Å². The zero-order valence-corrected chi connectivity index (χ0v) is 9.49. The predicted octanol–water partition coefficient (Wildman–Crippen LogP) is 0.728. The largest absolute Gasteiger partial charge is 0.231 e. The molecule has 3 rings (SSSR count). The average Bonchev–Trinajstić information content (AvgIpc) is 2.99. The van der Waals surface area contributed by atoms with Crippen LogP contribution in [0.4, 0.5) is 0 Å². The molecule has 2 heterocycles. The number of H-pyrrole nitrogens is 1. The van der Waals surface area contributed by atoms with Crippen molar-refractivity contribution in [2.75, 3.05) is 0 Å². The SMILES string of the molecule is CC(C)(c1nn[nH]n1)n1nnc2ccccc21. The molecule has 0 aliphatic carbocycles. The van der Waals surface area contributed by atoms with Crippen LogP contribution in [0.5, 0.6) is 0 Å². The molecule has 0 saturated heterocycles. The van der Waals surface area contributed by atoms with E-state index in [1.807, 2.05) is 38.1 Å². The minimum Gasteiger partial charge on any atom is -0.231 e. The van der Waals surface area contributed by atoms with Crippen molar-refractivity contribution < 1.29 is 0 Å². The predicted molar refractivity (Wildman–Crippen MR) is 60.1 cm³/mol. The Kier molecular flexibility index (Phi) is 1.94. The zero-order chi connectivity index (χ0) is 11.9. The first-order chi connectivity index (χ1) is 8.19. The van der Waals surface area contributed by atoms with Gasteiger partial charge in [-0.15, -0.1) is 15.3 Å². The van der Waals surface area contributed by atoms with Gasteiger partial charge < -0.3 is 0 Å². The van der Waals surface area contributed by atoms with Crippen molar-refractivity contribution >= 4 is 11.0 Å². The lowest BCUT2D eigenvalue weighted by Gasteiger charge is -2.20. The Labute approximate surface area is 96.8 Å². The van der Waals surface area contributed by atoms with Crippen molar-refractivity contribution in [3.8, 4) is 0 Å².